The van der Waals surface area contributed by atoms with Crippen LogP contribution in [0.25, 0.3) is 39.2 Å². The Kier molecular flexibility index (Phi) is 3.49. The lowest BCUT2D eigenvalue weighted by Gasteiger charge is -2.27. The van der Waals surface area contributed by atoms with E-state index in [0.29, 0.717) is 0 Å². The maximum atomic E-state index is 4.70. The number of aromatic nitrogens is 1. The van der Waals surface area contributed by atoms with Crippen molar-refractivity contribution in [3.05, 3.63) is 95.2 Å². The van der Waals surface area contributed by atoms with Gasteiger partial charge in [0.05, 0.1) is 5.52 Å². The summed E-state index contributed by atoms with van der Waals surface area (Å²) >= 11 is 0. The van der Waals surface area contributed by atoms with Gasteiger partial charge < -0.3 is 0 Å². The second-order valence-electron chi connectivity index (χ2n) is 7.85. The summed E-state index contributed by atoms with van der Waals surface area (Å²) in [5.41, 5.74) is 12.5. The molecule has 0 atom stereocenters. The Balaban J connectivity index is 1.54. The fourth-order valence-electron chi connectivity index (χ4n) is 4.99. The van der Waals surface area contributed by atoms with Crippen molar-refractivity contribution in [1.82, 2.24) is 4.98 Å². The maximum absolute atomic E-state index is 4.70. The lowest BCUT2D eigenvalue weighted by molar-refractivity contribution is 0.888. The summed E-state index contributed by atoms with van der Waals surface area (Å²) in [5, 5.41) is 1.20. The van der Waals surface area contributed by atoms with Gasteiger partial charge in [0.1, 0.15) is 0 Å². The van der Waals surface area contributed by atoms with Gasteiger partial charge in [-0.3, -0.25) is 4.98 Å². The molecule has 1 heteroatoms. The fourth-order valence-corrected chi connectivity index (χ4v) is 4.99. The van der Waals surface area contributed by atoms with Crippen LogP contribution in [-0.4, -0.2) is 4.98 Å². The van der Waals surface area contributed by atoms with E-state index in [1.807, 2.05) is 12.3 Å². The third kappa shape index (κ3) is 2.36. The van der Waals surface area contributed by atoms with Crippen LogP contribution < -0.4 is 0 Å². The highest BCUT2D eigenvalue weighted by Crippen LogP contribution is 2.41. The summed E-state index contributed by atoms with van der Waals surface area (Å²) in [6, 6.07) is 22.1. The first-order chi connectivity index (χ1) is 13.9. The van der Waals surface area contributed by atoms with Crippen molar-refractivity contribution in [2.45, 2.75) is 25.7 Å². The molecule has 0 aliphatic heterocycles. The Bertz CT molecular complexity index is 1260. The Morgan fingerprint density at radius 2 is 1.54 bits per heavy atom. The summed E-state index contributed by atoms with van der Waals surface area (Å²) in [6.45, 7) is 0. The van der Waals surface area contributed by atoms with Gasteiger partial charge in [-0.05, 0) is 76.8 Å². The molecule has 6 rings (SSSR count). The number of allylic oxidation sites excluding steroid dienone is 1. The minimum Gasteiger partial charge on any atom is -0.256 e. The molecule has 4 aromatic rings. The van der Waals surface area contributed by atoms with E-state index in [0.717, 1.165) is 18.4 Å². The van der Waals surface area contributed by atoms with E-state index in [9.17, 15) is 0 Å². The molecule has 0 saturated heterocycles. The van der Waals surface area contributed by atoms with Crippen LogP contribution in [0.3, 0.4) is 0 Å². The van der Waals surface area contributed by atoms with Gasteiger partial charge in [-0.1, -0.05) is 60.7 Å². The average molecular weight is 359 g/mol. The normalized spacial score (nSPS) is 14.4. The minimum absolute atomic E-state index is 1.06. The summed E-state index contributed by atoms with van der Waals surface area (Å²) in [7, 11) is 0. The molecule has 0 radical (unpaired) electrons. The lowest BCUT2D eigenvalue weighted by atomic mass is 9.78. The molecule has 3 aromatic carbocycles. The predicted molar refractivity (Wildman–Crippen MR) is 117 cm³/mol. The first-order valence-corrected chi connectivity index (χ1v) is 10.2. The highest BCUT2D eigenvalue weighted by atomic mass is 14.6. The van der Waals surface area contributed by atoms with Gasteiger partial charge in [0.15, 0.2) is 0 Å². The SMILES string of the molecule is C1=Cc2ccc3c(c2CC1)CCc1c(-c2cnc4ccccc4c2)cccc1-3. The van der Waals surface area contributed by atoms with E-state index in [1.165, 1.54) is 51.6 Å². The van der Waals surface area contributed by atoms with E-state index in [2.05, 4.69) is 66.7 Å². The Morgan fingerprint density at radius 1 is 0.679 bits per heavy atom. The third-order valence-corrected chi connectivity index (χ3v) is 6.32. The van der Waals surface area contributed by atoms with Crippen LogP contribution in [0.4, 0.5) is 0 Å². The molecule has 2 aliphatic carbocycles. The van der Waals surface area contributed by atoms with Crippen molar-refractivity contribution < 1.29 is 0 Å². The Hall–Kier alpha value is -3.19. The van der Waals surface area contributed by atoms with Gasteiger partial charge in [0.2, 0.25) is 0 Å². The van der Waals surface area contributed by atoms with Gasteiger partial charge in [-0.15, -0.1) is 0 Å². The van der Waals surface area contributed by atoms with Gasteiger partial charge >= 0.3 is 0 Å². The van der Waals surface area contributed by atoms with Crippen molar-refractivity contribution in [1.29, 1.82) is 0 Å². The zero-order valence-electron chi connectivity index (χ0n) is 15.8. The third-order valence-electron chi connectivity index (χ3n) is 6.32. The van der Waals surface area contributed by atoms with Gasteiger partial charge in [-0.2, -0.15) is 0 Å². The molecular weight excluding hydrogens is 338 g/mol. The van der Waals surface area contributed by atoms with E-state index in [4.69, 9.17) is 4.98 Å². The molecule has 1 aromatic heterocycles. The molecule has 0 spiro atoms. The average Bonchev–Trinajstić information content (AvgIpc) is 2.78. The topological polar surface area (TPSA) is 12.9 Å². The molecule has 1 heterocycles. The minimum atomic E-state index is 1.06. The van der Waals surface area contributed by atoms with Crippen LogP contribution in [0.5, 0.6) is 0 Å². The monoisotopic (exact) mass is 359 g/mol. The number of pyridine rings is 1. The smallest absolute Gasteiger partial charge is 0.0702 e. The van der Waals surface area contributed by atoms with Crippen LogP contribution in [0, 0.1) is 0 Å². The quantitative estimate of drug-likeness (QED) is 0.372. The number of hydrogen-bond acceptors (Lipinski definition) is 1. The Labute approximate surface area is 165 Å². The zero-order valence-corrected chi connectivity index (χ0v) is 15.8. The van der Waals surface area contributed by atoms with Crippen LogP contribution >= 0.6 is 0 Å². The van der Waals surface area contributed by atoms with Crippen molar-refractivity contribution in [3.63, 3.8) is 0 Å². The van der Waals surface area contributed by atoms with E-state index in [1.54, 1.807) is 11.1 Å². The van der Waals surface area contributed by atoms with Crippen molar-refractivity contribution in [2.24, 2.45) is 0 Å². The summed E-state index contributed by atoms with van der Waals surface area (Å²) in [5.74, 6) is 0. The number of hydrogen-bond donors (Lipinski definition) is 0. The van der Waals surface area contributed by atoms with E-state index >= 15 is 0 Å². The molecule has 134 valence electrons. The van der Waals surface area contributed by atoms with Crippen LogP contribution in [-0.2, 0) is 19.3 Å². The molecule has 1 nitrogen and oxygen atoms in total. The molecule has 0 saturated carbocycles. The summed E-state index contributed by atoms with van der Waals surface area (Å²) < 4.78 is 0. The number of para-hydroxylation sites is 1. The molecule has 28 heavy (non-hydrogen) atoms. The van der Waals surface area contributed by atoms with E-state index < -0.39 is 0 Å². The fraction of sp³-hybridized carbons (Fsp3) is 0.148. The number of benzene rings is 3. The van der Waals surface area contributed by atoms with Crippen molar-refractivity contribution in [2.75, 3.05) is 0 Å². The number of rotatable bonds is 1. The second-order valence-corrected chi connectivity index (χ2v) is 7.85. The molecule has 0 N–H and O–H groups in total. The highest BCUT2D eigenvalue weighted by molar-refractivity contribution is 5.87. The first kappa shape index (κ1) is 15.8. The standard InChI is InChI=1S/C27H21N/c1-3-8-21-18(6-1)12-13-26-23-10-5-9-22(25(23)15-14-24(21)26)20-16-19-7-2-4-11-27(19)28-17-20/h1-2,4-7,9-13,16-17H,3,8,14-15H2. The zero-order chi connectivity index (χ0) is 18.5. The lowest BCUT2D eigenvalue weighted by Crippen LogP contribution is -2.10. The molecule has 2 aliphatic rings. The van der Waals surface area contributed by atoms with Gasteiger partial charge in [0.25, 0.3) is 0 Å². The van der Waals surface area contributed by atoms with E-state index in [-0.39, 0.29) is 0 Å². The number of nitrogens with zero attached hydrogens (tertiary/aromatic N) is 1. The molecule has 0 bridgehead atoms. The second kappa shape index (κ2) is 6.17. The molecular formula is C27H21N. The first-order valence-electron chi connectivity index (χ1n) is 10.2. The summed E-state index contributed by atoms with van der Waals surface area (Å²) in [6.07, 6.45) is 11.2. The molecule has 0 fully saturated rings. The van der Waals surface area contributed by atoms with Crippen LogP contribution in [0.1, 0.15) is 28.7 Å². The maximum Gasteiger partial charge on any atom is 0.0702 e. The molecule has 0 unspecified atom stereocenters. The predicted octanol–water partition coefficient (Wildman–Crippen LogP) is 6.63. The molecule has 0 amide bonds. The summed E-state index contributed by atoms with van der Waals surface area (Å²) in [4.78, 5) is 4.70. The van der Waals surface area contributed by atoms with Crippen molar-refractivity contribution >= 4 is 17.0 Å². The Morgan fingerprint density at radius 3 is 2.54 bits per heavy atom. The van der Waals surface area contributed by atoms with Crippen LogP contribution in [0.2, 0.25) is 0 Å². The largest absolute Gasteiger partial charge is 0.256 e. The van der Waals surface area contributed by atoms with Gasteiger partial charge in [-0.25, -0.2) is 0 Å². The number of fused-ring (bicyclic) bond motifs is 6. The van der Waals surface area contributed by atoms with Crippen LogP contribution in [0.15, 0.2) is 72.9 Å². The highest BCUT2D eigenvalue weighted by Gasteiger charge is 2.23. The van der Waals surface area contributed by atoms with Gasteiger partial charge in [0, 0.05) is 17.1 Å². The van der Waals surface area contributed by atoms with Crippen molar-refractivity contribution in [3.8, 4) is 22.3 Å².